The molecule has 3 N–H and O–H groups in total. The molecule has 0 saturated carbocycles. The van der Waals surface area contributed by atoms with Gasteiger partial charge in [0.1, 0.15) is 6.04 Å². The fraction of sp³-hybridized carbons (Fsp3) is 0.533. The van der Waals surface area contributed by atoms with Crippen LogP contribution in [-0.2, 0) is 16.1 Å². The van der Waals surface area contributed by atoms with Crippen molar-refractivity contribution in [1.82, 2.24) is 10.2 Å². The van der Waals surface area contributed by atoms with Gasteiger partial charge in [-0.3, -0.25) is 9.69 Å². The summed E-state index contributed by atoms with van der Waals surface area (Å²) in [7, 11) is 0. The monoisotopic (exact) mass is 295 g/mol. The van der Waals surface area contributed by atoms with Crippen LogP contribution in [0, 0.1) is 5.82 Å². The number of carbonyl (C=O) groups is 1. The van der Waals surface area contributed by atoms with Gasteiger partial charge in [0, 0.05) is 24.7 Å². The summed E-state index contributed by atoms with van der Waals surface area (Å²) >= 11 is 0. The first kappa shape index (κ1) is 15.7. The van der Waals surface area contributed by atoms with Crippen molar-refractivity contribution in [1.29, 1.82) is 0 Å². The topological polar surface area (TPSA) is 67.6 Å². The van der Waals surface area contributed by atoms with Crippen molar-refractivity contribution in [3.05, 3.63) is 29.6 Å². The molecule has 116 valence electrons. The SMILES string of the molecule is CC(C)NC(=O)C1COCCN1Cc1cccc(N)c1F. The number of nitrogens with one attached hydrogen (secondary N) is 1. The van der Waals surface area contributed by atoms with Gasteiger partial charge in [-0.1, -0.05) is 12.1 Å². The molecule has 0 bridgehead atoms. The Bertz CT molecular complexity index is 508. The van der Waals surface area contributed by atoms with E-state index >= 15 is 0 Å². The van der Waals surface area contributed by atoms with E-state index in [-0.39, 0.29) is 17.6 Å². The Morgan fingerprint density at radius 3 is 3.05 bits per heavy atom. The number of hydrogen-bond donors (Lipinski definition) is 2. The Labute approximate surface area is 124 Å². The fourth-order valence-electron chi connectivity index (χ4n) is 2.39. The van der Waals surface area contributed by atoms with E-state index in [0.29, 0.717) is 31.9 Å². The Balaban J connectivity index is 2.12. The van der Waals surface area contributed by atoms with E-state index in [4.69, 9.17) is 10.5 Å². The lowest BCUT2D eigenvalue weighted by Crippen LogP contribution is -2.54. The van der Waals surface area contributed by atoms with Crippen molar-refractivity contribution < 1.29 is 13.9 Å². The first-order chi connectivity index (χ1) is 9.99. The normalized spacial score (nSPS) is 19.7. The number of nitrogen functional groups attached to an aromatic ring is 1. The van der Waals surface area contributed by atoms with Gasteiger partial charge in [0.15, 0.2) is 5.82 Å². The molecule has 6 heteroatoms. The highest BCUT2D eigenvalue weighted by molar-refractivity contribution is 5.82. The lowest BCUT2D eigenvalue weighted by atomic mass is 10.1. The Morgan fingerprint density at radius 1 is 1.57 bits per heavy atom. The van der Waals surface area contributed by atoms with E-state index in [1.54, 1.807) is 12.1 Å². The van der Waals surface area contributed by atoms with E-state index < -0.39 is 11.9 Å². The smallest absolute Gasteiger partial charge is 0.239 e. The van der Waals surface area contributed by atoms with Gasteiger partial charge in [-0.05, 0) is 19.9 Å². The van der Waals surface area contributed by atoms with E-state index in [1.165, 1.54) is 6.07 Å². The molecular formula is C15H22FN3O2. The zero-order valence-corrected chi connectivity index (χ0v) is 12.4. The summed E-state index contributed by atoms with van der Waals surface area (Å²) in [5.74, 6) is -0.499. The van der Waals surface area contributed by atoms with Crippen LogP contribution in [0.15, 0.2) is 18.2 Å². The lowest BCUT2D eigenvalue weighted by molar-refractivity contribution is -0.133. The Hall–Kier alpha value is -1.66. The average Bonchev–Trinajstić information content (AvgIpc) is 2.43. The van der Waals surface area contributed by atoms with E-state index in [1.807, 2.05) is 18.7 Å². The van der Waals surface area contributed by atoms with Crippen LogP contribution in [0.2, 0.25) is 0 Å². The van der Waals surface area contributed by atoms with E-state index in [2.05, 4.69) is 5.32 Å². The number of hydrogen-bond acceptors (Lipinski definition) is 4. The van der Waals surface area contributed by atoms with Gasteiger partial charge in [-0.2, -0.15) is 0 Å². The molecule has 1 aliphatic heterocycles. The standard InChI is InChI=1S/C15H22FN3O2/c1-10(2)18-15(20)13-9-21-7-6-19(13)8-11-4-3-5-12(17)14(11)16/h3-5,10,13H,6-9,17H2,1-2H3,(H,18,20). The molecule has 0 spiro atoms. The van der Waals surface area contributed by atoms with Gasteiger partial charge in [0.2, 0.25) is 5.91 Å². The number of halogens is 1. The number of benzene rings is 1. The summed E-state index contributed by atoms with van der Waals surface area (Å²) in [6, 6.07) is 4.60. The molecule has 0 radical (unpaired) electrons. The highest BCUT2D eigenvalue weighted by Crippen LogP contribution is 2.19. The van der Waals surface area contributed by atoms with E-state index in [9.17, 15) is 9.18 Å². The summed E-state index contributed by atoms with van der Waals surface area (Å²) in [5.41, 5.74) is 6.22. The lowest BCUT2D eigenvalue weighted by Gasteiger charge is -2.35. The summed E-state index contributed by atoms with van der Waals surface area (Å²) in [4.78, 5) is 14.1. The van der Waals surface area contributed by atoms with Gasteiger partial charge >= 0.3 is 0 Å². The fourth-order valence-corrected chi connectivity index (χ4v) is 2.39. The molecule has 1 amide bonds. The zero-order valence-electron chi connectivity index (χ0n) is 12.4. The molecule has 0 aromatic heterocycles. The van der Waals surface area contributed by atoms with Crippen LogP contribution < -0.4 is 11.1 Å². The maximum absolute atomic E-state index is 14.0. The van der Waals surface area contributed by atoms with Gasteiger partial charge in [0.25, 0.3) is 0 Å². The molecular weight excluding hydrogens is 273 g/mol. The second-order valence-corrected chi connectivity index (χ2v) is 5.54. The molecule has 1 fully saturated rings. The maximum Gasteiger partial charge on any atom is 0.239 e. The third kappa shape index (κ3) is 3.92. The Morgan fingerprint density at radius 2 is 2.33 bits per heavy atom. The molecule has 1 aliphatic rings. The van der Waals surface area contributed by atoms with Crippen LogP contribution in [-0.4, -0.2) is 42.6 Å². The third-order valence-corrected chi connectivity index (χ3v) is 3.45. The van der Waals surface area contributed by atoms with Crippen molar-refractivity contribution in [2.75, 3.05) is 25.5 Å². The molecule has 1 saturated heterocycles. The third-order valence-electron chi connectivity index (χ3n) is 3.45. The van der Waals surface area contributed by atoms with Gasteiger partial charge < -0.3 is 15.8 Å². The van der Waals surface area contributed by atoms with Crippen molar-refractivity contribution in [2.45, 2.75) is 32.5 Å². The predicted octanol–water partition coefficient (Wildman–Crippen LogP) is 1.13. The first-order valence-electron chi connectivity index (χ1n) is 7.14. The maximum atomic E-state index is 14.0. The average molecular weight is 295 g/mol. The number of morpholine rings is 1. The molecule has 2 rings (SSSR count). The van der Waals surface area contributed by atoms with Gasteiger partial charge in [-0.25, -0.2) is 4.39 Å². The number of amides is 1. The molecule has 1 aromatic carbocycles. The van der Waals surface area contributed by atoms with Crippen LogP contribution in [0.3, 0.4) is 0 Å². The quantitative estimate of drug-likeness (QED) is 0.817. The summed E-state index contributed by atoms with van der Waals surface area (Å²) < 4.78 is 19.4. The molecule has 1 aromatic rings. The first-order valence-corrected chi connectivity index (χ1v) is 7.14. The van der Waals surface area contributed by atoms with Crippen LogP contribution in [0.25, 0.3) is 0 Å². The molecule has 5 nitrogen and oxygen atoms in total. The van der Waals surface area contributed by atoms with Crippen LogP contribution in [0.5, 0.6) is 0 Å². The van der Waals surface area contributed by atoms with Gasteiger partial charge in [-0.15, -0.1) is 0 Å². The molecule has 1 atom stereocenters. The number of rotatable bonds is 4. The second-order valence-electron chi connectivity index (χ2n) is 5.54. The molecule has 1 heterocycles. The Kier molecular flexibility index (Phi) is 5.14. The predicted molar refractivity (Wildman–Crippen MR) is 79.1 cm³/mol. The van der Waals surface area contributed by atoms with Gasteiger partial charge in [0.05, 0.1) is 18.9 Å². The van der Waals surface area contributed by atoms with Crippen LogP contribution in [0.4, 0.5) is 10.1 Å². The van der Waals surface area contributed by atoms with Crippen LogP contribution >= 0.6 is 0 Å². The molecule has 21 heavy (non-hydrogen) atoms. The molecule has 0 aliphatic carbocycles. The van der Waals surface area contributed by atoms with Crippen LogP contribution in [0.1, 0.15) is 19.4 Å². The summed E-state index contributed by atoms with van der Waals surface area (Å²) in [6.45, 7) is 5.60. The van der Waals surface area contributed by atoms with Crippen molar-refractivity contribution in [3.63, 3.8) is 0 Å². The summed E-state index contributed by atoms with van der Waals surface area (Å²) in [6.07, 6.45) is 0. The number of anilines is 1. The molecule has 1 unspecified atom stereocenters. The number of nitrogens with two attached hydrogens (primary N) is 1. The second kappa shape index (κ2) is 6.87. The van der Waals surface area contributed by atoms with Crippen molar-refractivity contribution in [2.24, 2.45) is 0 Å². The zero-order chi connectivity index (χ0) is 15.4. The highest BCUT2D eigenvalue weighted by atomic mass is 19.1. The highest BCUT2D eigenvalue weighted by Gasteiger charge is 2.30. The van der Waals surface area contributed by atoms with E-state index in [0.717, 1.165) is 0 Å². The van der Waals surface area contributed by atoms with Crippen molar-refractivity contribution in [3.8, 4) is 0 Å². The van der Waals surface area contributed by atoms with Crippen molar-refractivity contribution >= 4 is 11.6 Å². The number of ether oxygens (including phenoxy) is 1. The minimum atomic E-state index is -0.410. The minimum Gasteiger partial charge on any atom is -0.396 e. The summed E-state index contributed by atoms with van der Waals surface area (Å²) in [5, 5.41) is 2.88. The minimum absolute atomic E-state index is 0.0605. The largest absolute Gasteiger partial charge is 0.396 e. The number of nitrogens with zero attached hydrogens (tertiary/aromatic N) is 1. The number of carbonyl (C=O) groups excluding carboxylic acids is 1.